The predicted octanol–water partition coefficient (Wildman–Crippen LogP) is 3.40. The highest BCUT2D eigenvalue weighted by molar-refractivity contribution is 7.17. The zero-order valence-electron chi connectivity index (χ0n) is 12.8. The summed E-state index contributed by atoms with van der Waals surface area (Å²) in [5.41, 5.74) is 0.640. The normalized spacial score (nSPS) is 36.1. The Bertz CT molecular complexity index is 692. The summed E-state index contributed by atoms with van der Waals surface area (Å²) in [5.74, 6) is 2.56. The number of rotatable bonds is 2. The maximum atomic E-state index is 12.7. The molecule has 22 heavy (non-hydrogen) atoms. The number of thiazole rings is 1. The van der Waals surface area contributed by atoms with E-state index in [4.69, 9.17) is 0 Å². The van der Waals surface area contributed by atoms with Crippen LogP contribution in [-0.4, -0.2) is 20.8 Å². The van der Waals surface area contributed by atoms with Crippen LogP contribution in [0.1, 0.15) is 53.9 Å². The molecule has 0 atom stereocenters. The number of carbonyl (C=O) groups is 1. The van der Waals surface area contributed by atoms with E-state index in [1.54, 1.807) is 11.3 Å². The van der Waals surface area contributed by atoms with Gasteiger partial charge in [-0.1, -0.05) is 0 Å². The molecule has 4 saturated carbocycles. The summed E-state index contributed by atoms with van der Waals surface area (Å²) < 4.78 is 1.97. The number of amides is 1. The SMILES string of the molecule is Cc1cn2cc(C(=O)NC34CC5CC(CC(C5)C3)C4)nc2s1. The minimum Gasteiger partial charge on any atom is -0.345 e. The highest BCUT2D eigenvalue weighted by Crippen LogP contribution is 2.55. The molecule has 0 radical (unpaired) electrons. The van der Waals surface area contributed by atoms with Crippen LogP contribution in [0.15, 0.2) is 12.4 Å². The average molecular weight is 315 g/mol. The monoisotopic (exact) mass is 315 g/mol. The molecule has 0 aromatic carbocycles. The summed E-state index contributed by atoms with van der Waals surface area (Å²) in [4.78, 5) is 19.3. The van der Waals surface area contributed by atoms with Crippen LogP contribution in [0.5, 0.6) is 0 Å². The number of imidazole rings is 1. The number of nitrogens with zero attached hydrogens (tertiary/aromatic N) is 2. The summed E-state index contributed by atoms with van der Waals surface area (Å²) in [7, 11) is 0. The average Bonchev–Trinajstić information content (AvgIpc) is 2.93. The summed E-state index contributed by atoms with van der Waals surface area (Å²) in [6, 6.07) is 0. The lowest BCUT2D eigenvalue weighted by molar-refractivity contribution is -0.0167. The smallest absolute Gasteiger partial charge is 0.271 e. The topological polar surface area (TPSA) is 46.4 Å². The van der Waals surface area contributed by atoms with Crippen molar-refractivity contribution in [2.24, 2.45) is 17.8 Å². The molecule has 0 saturated heterocycles. The van der Waals surface area contributed by atoms with E-state index in [-0.39, 0.29) is 11.4 Å². The molecule has 4 aliphatic rings. The quantitative estimate of drug-likeness (QED) is 0.923. The van der Waals surface area contributed by atoms with Gasteiger partial charge in [0.15, 0.2) is 4.96 Å². The van der Waals surface area contributed by atoms with Crippen LogP contribution in [0.2, 0.25) is 0 Å². The number of hydrogen-bond acceptors (Lipinski definition) is 3. The molecule has 4 nitrogen and oxygen atoms in total. The lowest BCUT2D eigenvalue weighted by Gasteiger charge is -2.56. The van der Waals surface area contributed by atoms with Crippen LogP contribution < -0.4 is 5.32 Å². The fraction of sp³-hybridized carbons (Fsp3) is 0.647. The molecule has 4 bridgehead atoms. The zero-order chi connectivity index (χ0) is 14.9. The van der Waals surface area contributed by atoms with E-state index >= 15 is 0 Å². The van der Waals surface area contributed by atoms with Gasteiger partial charge in [0, 0.05) is 22.8 Å². The van der Waals surface area contributed by atoms with Crippen LogP contribution in [0, 0.1) is 24.7 Å². The van der Waals surface area contributed by atoms with Crippen molar-refractivity contribution in [2.45, 2.75) is 51.0 Å². The first-order chi connectivity index (χ1) is 10.6. The lowest BCUT2D eigenvalue weighted by atomic mass is 9.53. The van der Waals surface area contributed by atoms with E-state index < -0.39 is 0 Å². The van der Waals surface area contributed by atoms with Gasteiger partial charge in [-0.15, -0.1) is 11.3 Å². The molecule has 2 heterocycles. The summed E-state index contributed by atoms with van der Waals surface area (Å²) in [5, 5.41) is 3.40. The predicted molar refractivity (Wildman–Crippen MR) is 86.2 cm³/mol. The van der Waals surface area contributed by atoms with Crippen molar-refractivity contribution in [3.63, 3.8) is 0 Å². The number of hydrogen-bond donors (Lipinski definition) is 1. The highest BCUT2D eigenvalue weighted by atomic mass is 32.1. The maximum absolute atomic E-state index is 12.7. The molecule has 0 aliphatic heterocycles. The molecule has 2 aromatic heterocycles. The van der Waals surface area contributed by atoms with Crippen molar-refractivity contribution in [3.05, 3.63) is 23.0 Å². The van der Waals surface area contributed by atoms with Gasteiger partial charge >= 0.3 is 0 Å². The Labute approximate surface area is 133 Å². The molecule has 6 rings (SSSR count). The first-order valence-electron chi connectivity index (χ1n) is 8.36. The zero-order valence-corrected chi connectivity index (χ0v) is 13.7. The summed E-state index contributed by atoms with van der Waals surface area (Å²) in [6.45, 7) is 2.06. The van der Waals surface area contributed by atoms with E-state index in [1.807, 2.05) is 16.8 Å². The van der Waals surface area contributed by atoms with E-state index in [0.717, 1.165) is 22.7 Å². The van der Waals surface area contributed by atoms with Gasteiger partial charge in [-0.2, -0.15) is 0 Å². The fourth-order valence-electron chi connectivity index (χ4n) is 5.59. The van der Waals surface area contributed by atoms with Crippen molar-refractivity contribution >= 4 is 22.2 Å². The Morgan fingerprint density at radius 3 is 2.45 bits per heavy atom. The fourth-order valence-corrected chi connectivity index (χ4v) is 6.40. The molecule has 0 spiro atoms. The second-order valence-electron chi connectivity index (χ2n) is 7.81. The number of carbonyl (C=O) groups excluding carboxylic acids is 1. The number of fused-ring (bicyclic) bond motifs is 1. The lowest BCUT2D eigenvalue weighted by Crippen LogP contribution is -2.59. The van der Waals surface area contributed by atoms with Crippen LogP contribution in [0.25, 0.3) is 4.96 Å². The van der Waals surface area contributed by atoms with Gasteiger partial charge in [0.25, 0.3) is 5.91 Å². The third-order valence-electron chi connectivity index (χ3n) is 5.92. The molecule has 0 unspecified atom stereocenters. The van der Waals surface area contributed by atoms with E-state index in [2.05, 4.69) is 17.2 Å². The molecule has 1 N–H and O–H groups in total. The third kappa shape index (κ3) is 1.94. The van der Waals surface area contributed by atoms with Crippen molar-refractivity contribution in [1.29, 1.82) is 0 Å². The first kappa shape index (κ1) is 13.1. The summed E-state index contributed by atoms with van der Waals surface area (Å²) in [6.07, 6.45) is 11.7. The van der Waals surface area contributed by atoms with Gasteiger partial charge in [-0.25, -0.2) is 4.98 Å². The molecular weight excluding hydrogens is 294 g/mol. The molecule has 4 fully saturated rings. The van der Waals surface area contributed by atoms with Gasteiger partial charge in [0.1, 0.15) is 5.69 Å². The first-order valence-corrected chi connectivity index (χ1v) is 9.18. The van der Waals surface area contributed by atoms with Crippen molar-refractivity contribution in [3.8, 4) is 0 Å². The summed E-state index contributed by atoms with van der Waals surface area (Å²) >= 11 is 1.63. The van der Waals surface area contributed by atoms with Gasteiger partial charge in [0.2, 0.25) is 0 Å². The highest BCUT2D eigenvalue weighted by Gasteiger charge is 2.51. The molecular formula is C17H21N3OS. The van der Waals surface area contributed by atoms with E-state index in [9.17, 15) is 4.79 Å². The standard InChI is InChI=1S/C17H21N3OS/c1-10-8-20-9-14(18-16(20)22-10)15(21)19-17-5-11-2-12(6-17)4-13(3-11)7-17/h8-9,11-13H,2-7H2,1H3,(H,19,21). The van der Waals surface area contributed by atoms with E-state index in [0.29, 0.717) is 5.69 Å². The minimum absolute atomic E-state index is 0.0236. The largest absolute Gasteiger partial charge is 0.345 e. The Balaban J connectivity index is 1.40. The van der Waals surface area contributed by atoms with Gasteiger partial charge < -0.3 is 5.32 Å². The Kier molecular flexibility index (Phi) is 2.59. The van der Waals surface area contributed by atoms with Crippen molar-refractivity contribution < 1.29 is 4.79 Å². The van der Waals surface area contributed by atoms with Gasteiger partial charge in [-0.05, 0) is 63.2 Å². The second-order valence-corrected chi connectivity index (χ2v) is 9.02. The Morgan fingerprint density at radius 2 is 1.86 bits per heavy atom. The molecule has 2 aromatic rings. The number of aryl methyl sites for hydroxylation is 1. The van der Waals surface area contributed by atoms with Crippen LogP contribution in [0.4, 0.5) is 0 Å². The van der Waals surface area contributed by atoms with Crippen LogP contribution >= 0.6 is 11.3 Å². The minimum atomic E-state index is 0.0236. The van der Waals surface area contributed by atoms with Gasteiger partial charge in [0.05, 0.1) is 0 Å². The van der Waals surface area contributed by atoms with Crippen LogP contribution in [0.3, 0.4) is 0 Å². The van der Waals surface area contributed by atoms with Crippen molar-refractivity contribution in [2.75, 3.05) is 0 Å². The Hall–Kier alpha value is -1.36. The van der Waals surface area contributed by atoms with Crippen molar-refractivity contribution in [1.82, 2.24) is 14.7 Å². The maximum Gasteiger partial charge on any atom is 0.271 e. The van der Waals surface area contributed by atoms with Crippen LogP contribution in [-0.2, 0) is 0 Å². The third-order valence-corrected chi connectivity index (χ3v) is 6.83. The van der Waals surface area contributed by atoms with E-state index in [1.165, 1.54) is 43.4 Å². The second kappa shape index (κ2) is 4.34. The molecule has 1 amide bonds. The number of aromatic nitrogens is 2. The molecule has 5 heteroatoms. The van der Waals surface area contributed by atoms with Gasteiger partial charge in [-0.3, -0.25) is 9.20 Å². The molecule has 4 aliphatic carbocycles. The molecule has 116 valence electrons. The number of nitrogens with one attached hydrogen (secondary N) is 1. The Morgan fingerprint density at radius 1 is 1.23 bits per heavy atom.